The summed E-state index contributed by atoms with van der Waals surface area (Å²) < 4.78 is 13.8. The molecule has 1 aromatic heterocycles. The van der Waals surface area contributed by atoms with Crippen LogP contribution in [0.4, 0.5) is 10.1 Å². The van der Waals surface area contributed by atoms with Crippen LogP contribution >= 0.6 is 23.1 Å². The molecule has 138 valence electrons. The molecule has 0 radical (unpaired) electrons. The van der Waals surface area contributed by atoms with Gasteiger partial charge in [0.15, 0.2) is 4.34 Å². The summed E-state index contributed by atoms with van der Waals surface area (Å²) in [5.74, 6) is -0.986. The van der Waals surface area contributed by atoms with E-state index in [1.165, 1.54) is 35.2 Å². The molecule has 0 spiro atoms. The Balaban J connectivity index is 1.61. The second-order valence-corrected chi connectivity index (χ2v) is 8.14. The number of carbonyl (C=O) groups is 2. The molecule has 1 atom stereocenters. The fourth-order valence-corrected chi connectivity index (χ4v) is 4.20. The number of thioether (sulfide) groups is 1. The summed E-state index contributed by atoms with van der Waals surface area (Å²) in [5, 5.41) is 4.31. The van der Waals surface area contributed by atoms with Crippen LogP contribution in [0.2, 0.25) is 0 Å². The van der Waals surface area contributed by atoms with Gasteiger partial charge in [-0.25, -0.2) is 9.37 Å². The molecule has 0 bridgehead atoms. The normalized spacial score (nSPS) is 11.8. The number of benzene rings is 2. The Kier molecular flexibility index (Phi) is 5.88. The number of nitrogens with two attached hydrogens (primary N) is 1. The maximum absolute atomic E-state index is 13.0. The first-order valence-corrected chi connectivity index (χ1v) is 9.77. The van der Waals surface area contributed by atoms with E-state index >= 15 is 0 Å². The van der Waals surface area contributed by atoms with E-state index in [0.717, 1.165) is 15.6 Å². The van der Waals surface area contributed by atoms with Gasteiger partial charge in [0.1, 0.15) is 5.82 Å². The number of halogens is 1. The minimum Gasteiger partial charge on any atom is -0.366 e. The van der Waals surface area contributed by atoms with E-state index in [9.17, 15) is 14.0 Å². The third kappa shape index (κ3) is 4.93. The molecule has 2 aromatic carbocycles. The van der Waals surface area contributed by atoms with Gasteiger partial charge in [0.25, 0.3) is 0 Å². The highest BCUT2D eigenvalue weighted by Crippen LogP contribution is 2.31. The van der Waals surface area contributed by atoms with E-state index in [1.807, 2.05) is 5.38 Å². The molecule has 5 nitrogen and oxygen atoms in total. The summed E-state index contributed by atoms with van der Waals surface area (Å²) in [4.78, 5) is 27.9. The SMILES string of the molecule is CC(Sc1nc(-c2ccc(F)cc2)cs1)C(=O)Nc1ccc(C(N)=O)cc1. The molecule has 3 rings (SSSR count). The molecule has 0 saturated heterocycles. The summed E-state index contributed by atoms with van der Waals surface area (Å²) in [5.41, 5.74) is 7.74. The van der Waals surface area contributed by atoms with Crippen LogP contribution in [0.5, 0.6) is 0 Å². The second-order valence-electron chi connectivity index (χ2n) is 5.70. The van der Waals surface area contributed by atoms with E-state index in [2.05, 4.69) is 10.3 Å². The molecular formula is C19H16FN3O2S2. The van der Waals surface area contributed by atoms with Crippen LogP contribution < -0.4 is 11.1 Å². The quantitative estimate of drug-likeness (QED) is 0.607. The number of aromatic nitrogens is 1. The third-order valence-corrected chi connectivity index (χ3v) is 5.78. The minimum atomic E-state index is -0.516. The zero-order valence-electron chi connectivity index (χ0n) is 14.3. The van der Waals surface area contributed by atoms with Gasteiger partial charge >= 0.3 is 0 Å². The van der Waals surface area contributed by atoms with Crippen molar-refractivity contribution in [3.63, 3.8) is 0 Å². The summed E-state index contributed by atoms with van der Waals surface area (Å²) in [6.07, 6.45) is 0. The molecule has 0 aliphatic heterocycles. The van der Waals surface area contributed by atoms with Crippen molar-refractivity contribution in [3.05, 3.63) is 65.3 Å². The molecule has 8 heteroatoms. The third-order valence-electron chi connectivity index (χ3n) is 3.71. The van der Waals surface area contributed by atoms with Crippen molar-refractivity contribution < 1.29 is 14.0 Å². The molecule has 2 amide bonds. The van der Waals surface area contributed by atoms with Gasteiger partial charge in [-0.05, 0) is 55.5 Å². The Hall–Kier alpha value is -2.71. The standard InChI is InChI=1S/C19H16FN3O2S2/c1-11(18(25)22-15-8-4-13(5-9-15)17(21)24)27-19-23-16(10-26-19)12-2-6-14(20)7-3-12/h2-11H,1H3,(H2,21,24)(H,22,25). The lowest BCUT2D eigenvalue weighted by molar-refractivity contribution is -0.115. The maximum Gasteiger partial charge on any atom is 0.248 e. The Morgan fingerprint density at radius 1 is 1.15 bits per heavy atom. The highest BCUT2D eigenvalue weighted by molar-refractivity contribution is 8.02. The van der Waals surface area contributed by atoms with Crippen molar-refractivity contribution in [2.45, 2.75) is 16.5 Å². The number of nitrogens with one attached hydrogen (secondary N) is 1. The number of carbonyl (C=O) groups excluding carboxylic acids is 2. The fourth-order valence-electron chi connectivity index (χ4n) is 2.23. The lowest BCUT2D eigenvalue weighted by Crippen LogP contribution is -2.22. The van der Waals surface area contributed by atoms with Crippen molar-refractivity contribution in [2.24, 2.45) is 5.73 Å². The highest BCUT2D eigenvalue weighted by Gasteiger charge is 2.17. The largest absolute Gasteiger partial charge is 0.366 e. The van der Waals surface area contributed by atoms with E-state index < -0.39 is 5.91 Å². The summed E-state index contributed by atoms with van der Waals surface area (Å²) in [7, 11) is 0. The zero-order valence-corrected chi connectivity index (χ0v) is 15.9. The van der Waals surface area contributed by atoms with Gasteiger partial charge in [-0.15, -0.1) is 11.3 Å². The Morgan fingerprint density at radius 3 is 2.44 bits per heavy atom. The van der Waals surface area contributed by atoms with Crippen LogP contribution in [0.15, 0.2) is 58.3 Å². The van der Waals surface area contributed by atoms with Crippen molar-refractivity contribution in [1.29, 1.82) is 0 Å². The van der Waals surface area contributed by atoms with Crippen LogP contribution in [-0.4, -0.2) is 22.0 Å². The van der Waals surface area contributed by atoms with Crippen molar-refractivity contribution in [1.82, 2.24) is 4.98 Å². The lowest BCUT2D eigenvalue weighted by atomic mass is 10.2. The number of amides is 2. The number of thiazole rings is 1. The maximum atomic E-state index is 13.0. The van der Waals surface area contributed by atoms with Gasteiger partial charge in [-0.1, -0.05) is 11.8 Å². The van der Waals surface area contributed by atoms with Crippen molar-refractivity contribution >= 4 is 40.6 Å². The molecule has 3 N–H and O–H groups in total. The molecule has 27 heavy (non-hydrogen) atoms. The zero-order chi connectivity index (χ0) is 19.4. The first kappa shape index (κ1) is 19.1. The Morgan fingerprint density at radius 2 is 1.81 bits per heavy atom. The summed E-state index contributed by atoms with van der Waals surface area (Å²) >= 11 is 2.78. The summed E-state index contributed by atoms with van der Waals surface area (Å²) in [6, 6.07) is 12.5. The van der Waals surface area contributed by atoms with E-state index in [-0.39, 0.29) is 17.0 Å². The highest BCUT2D eigenvalue weighted by atomic mass is 32.2. The smallest absolute Gasteiger partial charge is 0.248 e. The molecule has 1 heterocycles. The molecule has 0 saturated carbocycles. The van der Waals surface area contributed by atoms with E-state index in [1.54, 1.807) is 43.3 Å². The first-order chi connectivity index (χ1) is 12.9. The number of nitrogens with zero attached hydrogens (tertiary/aromatic N) is 1. The number of rotatable bonds is 6. The lowest BCUT2D eigenvalue weighted by Gasteiger charge is -2.10. The van der Waals surface area contributed by atoms with Gasteiger partial charge in [-0.2, -0.15) is 0 Å². The van der Waals surface area contributed by atoms with Crippen LogP contribution in [0.3, 0.4) is 0 Å². The minimum absolute atomic E-state index is 0.176. The van der Waals surface area contributed by atoms with Crippen LogP contribution in [-0.2, 0) is 4.79 Å². The fraction of sp³-hybridized carbons (Fsp3) is 0.105. The van der Waals surface area contributed by atoms with Gasteiger partial charge < -0.3 is 11.1 Å². The van der Waals surface area contributed by atoms with Gasteiger partial charge in [-0.3, -0.25) is 9.59 Å². The number of anilines is 1. The van der Waals surface area contributed by atoms with E-state index in [0.29, 0.717) is 11.3 Å². The van der Waals surface area contributed by atoms with Crippen molar-refractivity contribution in [3.8, 4) is 11.3 Å². The number of hydrogen-bond donors (Lipinski definition) is 2. The van der Waals surface area contributed by atoms with Crippen LogP contribution in [0, 0.1) is 5.82 Å². The van der Waals surface area contributed by atoms with Crippen molar-refractivity contribution in [2.75, 3.05) is 5.32 Å². The molecule has 0 aliphatic rings. The topological polar surface area (TPSA) is 85.1 Å². The molecule has 1 unspecified atom stereocenters. The molecule has 3 aromatic rings. The average Bonchev–Trinajstić information content (AvgIpc) is 3.11. The average molecular weight is 401 g/mol. The predicted octanol–water partition coefficient (Wildman–Crippen LogP) is 4.17. The number of primary amides is 1. The monoisotopic (exact) mass is 401 g/mol. The Labute approximate surface area is 163 Å². The second kappa shape index (κ2) is 8.32. The predicted molar refractivity (Wildman–Crippen MR) is 106 cm³/mol. The number of hydrogen-bond acceptors (Lipinski definition) is 5. The van der Waals surface area contributed by atoms with Gasteiger partial charge in [0, 0.05) is 22.2 Å². The molecular weight excluding hydrogens is 385 g/mol. The van der Waals surface area contributed by atoms with Crippen LogP contribution in [0.1, 0.15) is 17.3 Å². The van der Waals surface area contributed by atoms with Crippen LogP contribution in [0.25, 0.3) is 11.3 Å². The van der Waals surface area contributed by atoms with E-state index in [4.69, 9.17) is 5.73 Å². The Bertz CT molecular complexity index is 956. The van der Waals surface area contributed by atoms with Gasteiger partial charge in [0.2, 0.25) is 11.8 Å². The summed E-state index contributed by atoms with van der Waals surface area (Å²) in [6.45, 7) is 1.79. The first-order valence-electron chi connectivity index (χ1n) is 8.01. The molecule has 0 fully saturated rings. The molecule has 0 aliphatic carbocycles. The van der Waals surface area contributed by atoms with Gasteiger partial charge in [0.05, 0.1) is 10.9 Å².